The number of carbonyl (C=O) groups excluding carboxylic acids is 1. The van der Waals surface area contributed by atoms with Crippen molar-refractivity contribution in [1.82, 2.24) is 20.1 Å². The first kappa shape index (κ1) is 19.6. The van der Waals surface area contributed by atoms with E-state index in [1.165, 1.54) is 17.1 Å². The molecule has 0 saturated heterocycles. The van der Waals surface area contributed by atoms with Gasteiger partial charge in [0.05, 0.1) is 29.0 Å². The molecule has 30 heavy (non-hydrogen) atoms. The molecule has 0 atom stereocenters. The minimum atomic E-state index is -0.175. The van der Waals surface area contributed by atoms with Crippen molar-refractivity contribution in [3.8, 4) is 28.9 Å². The standard InChI is InChI=1S/C22H21N5O3/c1-30-11-10-22(8-9-22)26-20(28)17-6-7-19(24-13-17)27-21(29)18(14-25-27)16-4-2-15(12-23)3-5-16/h2-7,13-14,29H,8-11H2,1H3,(H,26,28). The lowest BCUT2D eigenvalue weighted by Gasteiger charge is -2.16. The highest BCUT2D eigenvalue weighted by Gasteiger charge is 2.43. The summed E-state index contributed by atoms with van der Waals surface area (Å²) >= 11 is 0. The summed E-state index contributed by atoms with van der Waals surface area (Å²) in [6, 6.07) is 12.2. The third-order valence-corrected chi connectivity index (χ3v) is 5.31. The van der Waals surface area contributed by atoms with Crippen LogP contribution in [0.3, 0.4) is 0 Å². The van der Waals surface area contributed by atoms with E-state index >= 15 is 0 Å². The molecule has 2 heterocycles. The summed E-state index contributed by atoms with van der Waals surface area (Å²) in [6.45, 7) is 0.609. The van der Waals surface area contributed by atoms with Crippen LogP contribution in [0.25, 0.3) is 16.9 Å². The summed E-state index contributed by atoms with van der Waals surface area (Å²) in [6.07, 6.45) is 5.70. The van der Waals surface area contributed by atoms with Gasteiger partial charge in [-0.2, -0.15) is 15.0 Å². The Morgan fingerprint density at radius 1 is 1.27 bits per heavy atom. The molecule has 0 radical (unpaired) electrons. The van der Waals surface area contributed by atoms with E-state index in [1.807, 2.05) is 0 Å². The average Bonchev–Trinajstić information content (AvgIpc) is 3.44. The molecule has 4 rings (SSSR count). The molecule has 2 aromatic heterocycles. The molecule has 1 aliphatic carbocycles. The Bertz CT molecular complexity index is 1090. The second kappa shape index (κ2) is 7.97. The molecule has 8 heteroatoms. The molecule has 3 aromatic rings. The normalized spacial score (nSPS) is 14.1. The van der Waals surface area contributed by atoms with Crippen molar-refractivity contribution >= 4 is 5.91 Å². The third-order valence-electron chi connectivity index (χ3n) is 5.31. The molecular formula is C22H21N5O3. The molecule has 8 nitrogen and oxygen atoms in total. The summed E-state index contributed by atoms with van der Waals surface area (Å²) in [4.78, 5) is 16.8. The number of nitriles is 1. The number of nitrogens with zero attached hydrogens (tertiary/aromatic N) is 4. The topological polar surface area (TPSA) is 113 Å². The van der Waals surface area contributed by atoms with Gasteiger partial charge in [0.2, 0.25) is 5.88 Å². The molecule has 152 valence electrons. The summed E-state index contributed by atoms with van der Waals surface area (Å²) in [5, 5.41) is 26.8. The average molecular weight is 403 g/mol. The van der Waals surface area contributed by atoms with Crippen molar-refractivity contribution in [3.05, 3.63) is 59.9 Å². The van der Waals surface area contributed by atoms with Gasteiger partial charge in [0.15, 0.2) is 5.82 Å². The van der Waals surface area contributed by atoms with Gasteiger partial charge in [-0.3, -0.25) is 4.79 Å². The Morgan fingerprint density at radius 3 is 2.63 bits per heavy atom. The molecule has 0 unspecified atom stereocenters. The molecule has 0 spiro atoms. The zero-order valence-corrected chi connectivity index (χ0v) is 16.5. The number of benzene rings is 1. The smallest absolute Gasteiger partial charge is 0.253 e. The summed E-state index contributed by atoms with van der Waals surface area (Å²) in [5.74, 6) is 0.149. The quantitative estimate of drug-likeness (QED) is 0.627. The molecule has 1 aromatic carbocycles. The minimum absolute atomic E-state index is 0.0686. The van der Waals surface area contributed by atoms with Crippen molar-refractivity contribution in [2.45, 2.75) is 24.8 Å². The van der Waals surface area contributed by atoms with Gasteiger partial charge in [-0.05, 0) is 49.1 Å². The Hall–Kier alpha value is -3.70. The van der Waals surface area contributed by atoms with E-state index in [0.29, 0.717) is 29.1 Å². The number of aromatic hydroxyl groups is 1. The van der Waals surface area contributed by atoms with Crippen molar-refractivity contribution < 1.29 is 14.6 Å². The summed E-state index contributed by atoms with van der Waals surface area (Å²) < 4.78 is 6.42. The monoisotopic (exact) mass is 403 g/mol. The van der Waals surface area contributed by atoms with Crippen molar-refractivity contribution in [1.29, 1.82) is 5.26 Å². The number of amides is 1. The van der Waals surface area contributed by atoms with Crippen LogP contribution in [0, 0.1) is 11.3 Å². The SMILES string of the molecule is COCCC1(NC(=O)c2ccc(-n3ncc(-c4ccc(C#N)cc4)c3O)nc2)CC1. The van der Waals surface area contributed by atoms with Crippen LogP contribution < -0.4 is 5.32 Å². The van der Waals surface area contributed by atoms with Gasteiger partial charge in [0.1, 0.15) is 0 Å². The number of pyridine rings is 1. The van der Waals surface area contributed by atoms with Crippen LogP contribution in [-0.2, 0) is 4.74 Å². The number of hydrogen-bond acceptors (Lipinski definition) is 6. The second-order valence-electron chi connectivity index (χ2n) is 7.37. The first-order valence-corrected chi connectivity index (χ1v) is 9.61. The minimum Gasteiger partial charge on any atom is -0.493 e. The van der Waals surface area contributed by atoms with Crippen molar-refractivity contribution in [2.75, 3.05) is 13.7 Å². The van der Waals surface area contributed by atoms with Gasteiger partial charge < -0.3 is 15.2 Å². The number of hydrogen-bond donors (Lipinski definition) is 2. The van der Waals surface area contributed by atoms with Crippen LogP contribution in [-0.4, -0.2) is 45.0 Å². The van der Waals surface area contributed by atoms with E-state index in [-0.39, 0.29) is 17.3 Å². The number of rotatable bonds is 7. The molecule has 0 bridgehead atoms. The summed E-state index contributed by atoms with van der Waals surface area (Å²) in [7, 11) is 1.65. The maximum atomic E-state index is 12.5. The maximum Gasteiger partial charge on any atom is 0.253 e. The van der Waals surface area contributed by atoms with Gasteiger partial charge >= 0.3 is 0 Å². The fourth-order valence-corrected chi connectivity index (χ4v) is 3.28. The zero-order valence-electron chi connectivity index (χ0n) is 16.5. The number of aromatic nitrogens is 3. The predicted molar refractivity (Wildman–Crippen MR) is 109 cm³/mol. The zero-order chi connectivity index (χ0) is 21.1. The Labute approximate surface area is 173 Å². The molecular weight excluding hydrogens is 382 g/mol. The Balaban J connectivity index is 1.50. The predicted octanol–water partition coefficient (Wildman–Crippen LogP) is 2.81. The van der Waals surface area contributed by atoms with Crippen LogP contribution in [0.5, 0.6) is 5.88 Å². The van der Waals surface area contributed by atoms with Gasteiger partial charge in [0, 0.05) is 25.5 Å². The van der Waals surface area contributed by atoms with Gasteiger partial charge in [-0.15, -0.1) is 0 Å². The van der Waals surface area contributed by atoms with Gasteiger partial charge in [-0.1, -0.05) is 12.1 Å². The first-order valence-electron chi connectivity index (χ1n) is 9.61. The van der Waals surface area contributed by atoms with Crippen LogP contribution >= 0.6 is 0 Å². The number of nitrogens with one attached hydrogen (secondary N) is 1. The van der Waals surface area contributed by atoms with E-state index in [4.69, 9.17) is 10.00 Å². The number of ether oxygens (including phenoxy) is 1. The summed E-state index contributed by atoms with van der Waals surface area (Å²) in [5.41, 5.74) is 2.08. The lowest BCUT2D eigenvalue weighted by atomic mass is 10.1. The Morgan fingerprint density at radius 2 is 2.03 bits per heavy atom. The highest BCUT2D eigenvalue weighted by Crippen LogP contribution is 2.39. The van der Waals surface area contributed by atoms with Crippen LogP contribution in [0.1, 0.15) is 35.2 Å². The van der Waals surface area contributed by atoms with E-state index in [1.54, 1.807) is 43.5 Å². The highest BCUT2D eigenvalue weighted by atomic mass is 16.5. The Kier molecular flexibility index (Phi) is 5.21. The molecule has 1 amide bonds. The van der Waals surface area contributed by atoms with Crippen LogP contribution in [0.2, 0.25) is 0 Å². The molecule has 1 fully saturated rings. The molecule has 1 saturated carbocycles. The maximum absolute atomic E-state index is 12.5. The van der Waals surface area contributed by atoms with Crippen molar-refractivity contribution in [2.24, 2.45) is 0 Å². The molecule has 1 aliphatic rings. The second-order valence-corrected chi connectivity index (χ2v) is 7.37. The van der Waals surface area contributed by atoms with E-state index in [9.17, 15) is 9.90 Å². The largest absolute Gasteiger partial charge is 0.493 e. The fraction of sp³-hybridized carbons (Fsp3) is 0.273. The van der Waals surface area contributed by atoms with Crippen LogP contribution in [0.4, 0.5) is 0 Å². The van der Waals surface area contributed by atoms with Crippen molar-refractivity contribution in [3.63, 3.8) is 0 Å². The van der Waals surface area contributed by atoms with E-state index in [0.717, 1.165) is 24.8 Å². The molecule has 2 N–H and O–H groups in total. The lowest BCUT2D eigenvalue weighted by molar-refractivity contribution is 0.0916. The third kappa shape index (κ3) is 3.88. The van der Waals surface area contributed by atoms with Gasteiger partial charge in [-0.25, -0.2) is 4.98 Å². The lowest BCUT2D eigenvalue weighted by Crippen LogP contribution is -2.37. The first-order chi connectivity index (χ1) is 14.5. The van der Waals surface area contributed by atoms with Gasteiger partial charge in [0.25, 0.3) is 5.91 Å². The van der Waals surface area contributed by atoms with E-state index < -0.39 is 0 Å². The fourth-order valence-electron chi connectivity index (χ4n) is 3.28. The molecule has 0 aliphatic heterocycles. The van der Waals surface area contributed by atoms with E-state index in [2.05, 4.69) is 21.5 Å². The van der Waals surface area contributed by atoms with Crippen LogP contribution in [0.15, 0.2) is 48.8 Å². The number of carbonyl (C=O) groups is 1. The number of methoxy groups -OCH3 is 1. The highest BCUT2D eigenvalue weighted by molar-refractivity contribution is 5.94.